The summed E-state index contributed by atoms with van der Waals surface area (Å²) in [7, 11) is 0. The first-order valence-corrected chi connectivity index (χ1v) is 10.1. The summed E-state index contributed by atoms with van der Waals surface area (Å²) in [5.74, 6) is 0.945. The van der Waals surface area contributed by atoms with E-state index >= 15 is 0 Å². The molecule has 1 fully saturated rings. The Kier molecular flexibility index (Phi) is 10.3. The van der Waals surface area contributed by atoms with Crippen molar-refractivity contribution in [2.24, 2.45) is 10.4 Å². The molecule has 0 spiro atoms. The molecule has 0 aliphatic heterocycles. The first-order valence-electron chi connectivity index (χ1n) is 9.25. The van der Waals surface area contributed by atoms with Gasteiger partial charge in [0.25, 0.3) is 0 Å². The highest BCUT2D eigenvalue weighted by Crippen LogP contribution is 2.49. The Morgan fingerprint density at radius 2 is 2.12 bits per heavy atom. The smallest absolute Gasteiger partial charge is 0.191 e. The fraction of sp³-hybridized carbons (Fsp3) is 0.737. The van der Waals surface area contributed by atoms with Gasteiger partial charge in [0.05, 0.1) is 0 Å². The average molecular weight is 479 g/mol. The third kappa shape index (κ3) is 8.26. The molecule has 1 aromatic rings. The Hall–Kier alpha value is -0.340. The lowest BCUT2D eigenvalue weighted by molar-refractivity contribution is 0.129. The van der Waals surface area contributed by atoms with E-state index in [9.17, 15) is 0 Å². The SMILES string of the molecule is CCNC(=NCC1(CCOCC)CC1)NC(C)Cc1ccc(C)s1.I. The summed E-state index contributed by atoms with van der Waals surface area (Å²) < 4.78 is 5.52. The van der Waals surface area contributed by atoms with Crippen molar-refractivity contribution in [2.45, 2.75) is 59.4 Å². The largest absolute Gasteiger partial charge is 0.382 e. The molecule has 1 heterocycles. The van der Waals surface area contributed by atoms with Gasteiger partial charge >= 0.3 is 0 Å². The number of hydrogen-bond acceptors (Lipinski definition) is 3. The Morgan fingerprint density at radius 1 is 1.36 bits per heavy atom. The molecule has 0 radical (unpaired) electrons. The van der Waals surface area contributed by atoms with Crippen LogP contribution >= 0.6 is 35.3 Å². The molecule has 1 saturated carbocycles. The maximum absolute atomic E-state index is 5.52. The summed E-state index contributed by atoms with van der Waals surface area (Å²) in [6, 6.07) is 4.80. The predicted molar refractivity (Wildman–Crippen MR) is 120 cm³/mol. The highest BCUT2D eigenvalue weighted by atomic mass is 127. The molecule has 0 bridgehead atoms. The molecule has 0 amide bonds. The zero-order chi connectivity index (χ0) is 17.4. The predicted octanol–water partition coefficient (Wildman–Crippen LogP) is 4.37. The molecular formula is C19H34IN3OS. The lowest BCUT2D eigenvalue weighted by atomic mass is 10.0. The van der Waals surface area contributed by atoms with Crippen molar-refractivity contribution in [3.8, 4) is 0 Å². The van der Waals surface area contributed by atoms with Crippen LogP contribution in [0.5, 0.6) is 0 Å². The van der Waals surface area contributed by atoms with E-state index in [4.69, 9.17) is 9.73 Å². The van der Waals surface area contributed by atoms with Crippen molar-refractivity contribution in [2.75, 3.05) is 26.3 Å². The Labute approximate surface area is 174 Å². The van der Waals surface area contributed by atoms with Crippen molar-refractivity contribution < 1.29 is 4.74 Å². The minimum absolute atomic E-state index is 0. The summed E-state index contributed by atoms with van der Waals surface area (Å²) in [5, 5.41) is 6.94. The zero-order valence-electron chi connectivity index (χ0n) is 16.1. The van der Waals surface area contributed by atoms with Crippen LogP contribution in [-0.4, -0.2) is 38.3 Å². The highest BCUT2D eigenvalue weighted by Gasteiger charge is 2.41. The summed E-state index contributed by atoms with van der Waals surface area (Å²) in [5.41, 5.74) is 0.394. The molecule has 1 aliphatic carbocycles. The van der Waals surface area contributed by atoms with Gasteiger partial charge in [-0.15, -0.1) is 35.3 Å². The van der Waals surface area contributed by atoms with E-state index in [0.717, 1.165) is 45.1 Å². The third-order valence-electron chi connectivity index (χ3n) is 4.54. The molecule has 1 atom stereocenters. The average Bonchev–Trinajstić information content (AvgIpc) is 3.20. The number of aliphatic imine (C=N–C) groups is 1. The number of ether oxygens (including phenoxy) is 1. The van der Waals surface area contributed by atoms with Gasteiger partial charge in [0, 0.05) is 48.5 Å². The molecular weight excluding hydrogens is 445 g/mol. The van der Waals surface area contributed by atoms with Crippen molar-refractivity contribution in [1.29, 1.82) is 0 Å². The first kappa shape index (κ1) is 22.7. The fourth-order valence-electron chi connectivity index (χ4n) is 2.84. The van der Waals surface area contributed by atoms with Gasteiger partial charge in [0.1, 0.15) is 0 Å². The van der Waals surface area contributed by atoms with Gasteiger partial charge < -0.3 is 15.4 Å². The van der Waals surface area contributed by atoms with E-state index in [-0.39, 0.29) is 24.0 Å². The van der Waals surface area contributed by atoms with Crippen LogP contribution in [0.2, 0.25) is 0 Å². The molecule has 0 saturated heterocycles. The summed E-state index contributed by atoms with van der Waals surface area (Å²) in [6.07, 6.45) is 4.74. The van der Waals surface area contributed by atoms with Crippen LogP contribution in [0.3, 0.4) is 0 Å². The number of aryl methyl sites for hydroxylation is 1. The quantitative estimate of drug-likeness (QED) is 0.227. The summed E-state index contributed by atoms with van der Waals surface area (Å²) >= 11 is 1.88. The van der Waals surface area contributed by atoms with Crippen molar-refractivity contribution in [1.82, 2.24) is 10.6 Å². The molecule has 6 heteroatoms. The second kappa shape index (κ2) is 11.4. The second-order valence-electron chi connectivity index (χ2n) is 6.90. The number of rotatable bonds is 10. The van der Waals surface area contributed by atoms with Crippen LogP contribution in [0.1, 0.15) is 49.8 Å². The normalized spacial score (nSPS) is 16.9. The number of thiophene rings is 1. The zero-order valence-corrected chi connectivity index (χ0v) is 19.2. The highest BCUT2D eigenvalue weighted by molar-refractivity contribution is 14.0. The summed E-state index contributed by atoms with van der Waals surface area (Å²) in [6.45, 7) is 12.0. The standard InChI is InChI=1S/C19H33N3OS.HI/c1-5-20-18(21-14-19(9-10-19)11-12-23-6-2)22-15(3)13-17-8-7-16(4)24-17;/h7-8,15H,5-6,9-14H2,1-4H3,(H2,20,21,22);1H. The molecule has 1 aromatic heterocycles. The fourth-order valence-corrected chi connectivity index (χ4v) is 3.86. The van der Waals surface area contributed by atoms with Crippen LogP contribution in [0.4, 0.5) is 0 Å². The van der Waals surface area contributed by atoms with Crippen LogP contribution in [-0.2, 0) is 11.2 Å². The lowest BCUT2D eigenvalue weighted by Crippen LogP contribution is -2.43. The Bertz CT molecular complexity index is 528. The lowest BCUT2D eigenvalue weighted by Gasteiger charge is -2.19. The first-order chi connectivity index (χ1) is 11.6. The molecule has 0 aromatic carbocycles. The van der Waals surface area contributed by atoms with Gasteiger partial charge in [-0.25, -0.2) is 0 Å². The second-order valence-corrected chi connectivity index (χ2v) is 8.28. The maximum Gasteiger partial charge on any atom is 0.191 e. The van der Waals surface area contributed by atoms with E-state index in [2.05, 4.69) is 50.5 Å². The summed E-state index contributed by atoms with van der Waals surface area (Å²) in [4.78, 5) is 7.66. The van der Waals surface area contributed by atoms with Crippen LogP contribution in [0.25, 0.3) is 0 Å². The van der Waals surface area contributed by atoms with Crippen LogP contribution in [0.15, 0.2) is 17.1 Å². The topological polar surface area (TPSA) is 45.7 Å². The van der Waals surface area contributed by atoms with Gasteiger partial charge in [-0.2, -0.15) is 0 Å². The number of nitrogens with one attached hydrogen (secondary N) is 2. The van der Waals surface area contributed by atoms with Crippen molar-refractivity contribution in [3.05, 3.63) is 21.9 Å². The van der Waals surface area contributed by atoms with Gasteiger partial charge in [-0.3, -0.25) is 4.99 Å². The van der Waals surface area contributed by atoms with Crippen LogP contribution in [0, 0.1) is 12.3 Å². The minimum Gasteiger partial charge on any atom is -0.382 e. The molecule has 144 valence electrons. The molecule has 4 nitrogen and oxygen atoms in total. The molecule has 25 heavy (non-hydrogen) atoms. The maximum atomic E-state index is 5.52. The molecule has 1 aliphatic rings. The van der Waals surface area contributed by atoms with Gasteiger partial charge in [0.15, 0.2) is 5.96 Å². The molecule has 1 unspecified atom stereocenters. The van der Waals surface area contributed by atoms with E-state index in [1.165, 1.54) is 22.6 Å². The van der Waals surface area contributed by atoms with Crippen molar-refractivity contribution in [3.63, 3.8) is 0 Å². The molecule has 2 N–H and O–H groups in total. The number of halogens is 1. The van der Waals surface area contributed by atoms with Gasteiger partial charge in [0.2, 0.25) is 0 Å². The van der Waals surface area contributed by atoms with Gasteiger partial charge in [-0.05, 0) is 64.5 Å². The number of guanidine groups is 1. The third-order valence-corrected chi connectivity index (χ3v) is 5.56. The minimum atomic E-state index is 0. The van der Waals surface area contributed by atoms with Crippen LogP contribution < -0.4 is 10.6 Å². The van der Waals surface area contributed by atoms with E-state index in [1.807, 2.05) is 11.3 Å². The Morgan fingerprint density at radius 3 is 2.68 bits per heavy atom. The monoisotopic (exact) mass is 479 g/mol. The van der Waals surface area contributed by atoms with Crippen molar-refractivity contribution >= 4 is 41.3 Å². The van der Waals surface area contributed by atoms with E-state index < -0.39 is 0 Å². The van der Waals surface area contributed by atoms with E-state index in [1.54, 1.807) is 0 Å². The van der Waals surface area contributed by atoms with E-state index in [0.29, 0.717) is 11.5 Å². The Balaban J connectivity index is 0.00000312. The molecule has 2 rings (SSSR count). The number of hydrogen-bond donors (Lipinski definition) is 2. The van der Waals surface area contributed by atoms with Gasteiger partial charge in [-0.1, -0.05) is 0 Å². The number of nitrogens with zero attached hydrogens (tertiary/aromatic N) is 1.